The average Bonchev–Trinajstić information content (AvgIpc) is 2.88. The summed E-state index contributed by atoms with van der Waals surface area (Å²) in [6, 6.07) is 15.6. The van der Waals surface area contributed by atoms with Crippen molar-refractivity contribution in [3.63, 3.8) is 0 Å². The van der Waals surface area contributed by atoms with Crippen LogP contribution in [0.5, 0.6) is 0 Å². The summed E-state index contributed by atoms with van der Waals surface area (Å²) in [7, 11) is 0. The number of para-hydroxylation sites is 1. The Hall–Kier alpha value is -2.61. The van der Waals surface area contributed by atoms with Gasteiger partial charge in [0.15, 0.2) is 0 Å². The standard InChI is InChI=1S/C21H18N2/c1-13-7-8-18-15(11-13)14-5-4-6-16-20(14)23(18)19-9-10-22-12-17(19)21(16,2)3/h4-12H,1-3H3. The lowest BCUT2D eigenvalue weighted by molar-refractivity contribution is 0.626. The minimum absolute atomic E-state index is 0.0392. The molecule has 112 valence electrons. The monoisotopic (exact) mass is 298 g/mol. The Balaban J connectivity index is 2.13. The first-order valence-corrected chi connectivity index (χ1v) is 8.08. The molecule has 2 aromatic heterocycles. The summed E-state index contributed by atoms with van der Waals surface area (Å²) in [6.45, 7) is 6.76. The van der Waals surface area contributed by atoms with Gasteiger partial charge in [-0.2, -0.15) is 0 Å². The van der Waals surface area contributed by atoms with E-state index in [1.54, 1.807) is 0 Å². The molecular formula is C21H18N2. The Kier molecular flexibility index (Phi) is 2.25. The summed E-state index contributed by atoms with van der Waals surface area (Å²) >= 11 is 0. The van der Waals surface area contributed by atoms with Crippen molar-refractivity contribution >= 4 is 21.8 Å². The molecule has 2 aromatic carbocycles. The summed E-state index contributed by atoms with van der Waals surface area (Å²) in [5, 5.41) is 2.68. The zero-order valence-electron chi connectivity index (χ0n) is 13.6. The van der Waals surface area contributed by atoms with Gasteiger partial charge in [-0.25, -0.2) is 0 Å². The molecule has 0 bridgehead atoms. The highest BCUT2D eigenvalue weighted by molar-refractivity contribution is 6.11. The molecule has 0 atom stereocenters. The molecule has 0 spiro atoms. The molecule has 0 amide bonds. The van der Waals surface area contributed by atoms with Gasteiger partial charge in [-0.3, -0.25) is 4.98 Å². The smallest absolute Gasteiger partial charge is 0.0582 e. The van der Waals surface area contributed by atoms with Crippen LogP contribution in [0.15, 0.2) is 54.9 Å². The van der Waals surface area contributed by atoms with E-state index in [-0.39, 0.29) is 5.41 Å². The van der Waals surface area contributed by atoms with Gasteiger partial charge in [0.05, 0.1) is 16.7 Å². The second kappa shape index (κ2) is 4.02. The predicted octanol–water partition coefficient (Wildman–Crippen LogP) is 5.13. The maximum absolute atomic E-state index is 4.40. The van der Waals surface area contributed by atoms with Gasteiger partial charge in [0.2, 0.25) is 0 Å². The van der Waals surface area contributed by atoms with Crippen molar-refractivity contribution in [3.8, 4) is 5.69 Å². The normalized spacial score (nSPS) is 15.1. The maximum Gasteiger partial charge on any atom is 0.0582 e. The van der Waals surface area contributed by atoms with Crippen LogP contribution in [-0.2, 0) is 5.41 Å². The van der Waals surface area contributed by atoms with Crippen LogP contribution in [0.3, 0.4) is 0 Å². The predicted molar refractivity (Wildman–Crippen MR) is 95.4 cm³/mol. The zero-order valence-corrected chi connectivity index (χ0v) is 13.6. The SMILES string of the molecule is Cc1ccc2c(c1)c1cccc3c1n2-c1ccncc1C3(C)C. The lowest BCUT2D eigenvalue weighted by Crippen LogP contribution is -2.26. The summed E-state index contributed by atoms with van der Waals surface area (Å²) in [5.74, 6) is 0. The molecule has 4 aromatic rings. The number of benzene rings is 2. The van der Waals surface area contributed by atoms with Gasteiger partial charge < -0.3 is 4.57 Å². The molecule has 0 radical (unpaired) electrons. The number of aromatic nitrogens is 2. The fourth-order valence-corrected chi connectivity index (χ4v) is 4.15. The number of nitrogens with zero attached hydrogens (tertiary/aromatic N) is 2. The minimum Gasteiger partial charge on any atom is -0.309 e. The van der Waals surface area contributed by atoms with Gasteiger partial charge in [0.25, 0.3) is 0 Å². The third-order valence-electron chi connectivity index (χ3n) is 5.33. The largest absolute Gasteiger partial charge is 0.309 e. The Morgan fingerprint density at radius 3 is 2.70 bits per heavy atom. The summed E-state index contributed by atoms with van der Waals surface area (Å²) < 4.78 is 2.42. The minimum atomic E-state index is -0.0392. The van der Waals surface area contributed by atoms with E-state index in [4.69, 9.17) is 0 Å². The summed E-state index contributed by atoms with van der Waals surface area (Å²) in [5.41, 5.74) is 7.81. The van der Waals surface area contributed by atoms with E-state index in [1.165, 1.54) is 44.2 Å². The van der Waals surface area contributed by atoms with Crippen LogP contribution in [0.4, 0.5) is 0 Å². The molecule has 0 unspecified atom stereocenters. The summed E-state index contributed by atoms with van der Waals surface area (Å²) in [6.07, 6.45) is 3.92. The van der Waals surface area contributed by atoms with Gasteiger partial charge in [-0.15, -0.1) is 0 Å². The van der Waals surface area contributed by atoms with E-state index in [0.717, 1.165) is 0 Å². The fraction of sp³-hybridized carbons (Fsp3) is 0.190. The number of hydrogen-bond acceptors (Lipinski definition) is 1. The third-order valence-corrected chi connectivity index (χ3v) is 5.33. The van der Waals surface area contributed by atoms with Crippen LogP contribution >= 0.6 is 0 Å². The first-order chi connectivity index (χ1) is 11.1. The Bertz CT molecular complexity index is 1100. The van der Waals surface area contributed by atoms with Gasteiger partial charge in [0, 0.05) is 34.1 Å². The van der Waals surface area contributed by atoms with Crippen molar-refractivity contribution in [1.82, 2.24) is 9.55 Å². The Morgan fingerprint density at radius 1 is 0.957 bits per heavy atom. The lowest BCUT2D eigenvalue weighted by atomic mass is 9.75. The van der Waals surface area contributed by atoms with Gasteiger partial charge in [-0.05, 0) is 30.7 Å². The molecule has 23 heavy (non-hydrogen) atoms. The van der Waals surface area contributed by atoms with E-state index in [2.05, 4.69) is 72.8 Å². The van der Waals surface area contributed by atoms with Gasteiger partial charge in [-0.1, -0.05) is 43.7 Å². The Labute approximate surface area is 135 Å². The van der Waals surface area contributed by atoms with Crippen LogP contribution in [0.2, 0.25) is 0 Å². The first-order valence-electron chi connectivity index (χ1n) is 8.08. The average molecular weight is 298 g/mol. The highest BCUT2D eigenvalue weighted by Gasteiger charge is 2.34. The highest BCUT2D eigenvalue weighted by Crippen LogP contribution is 2.46. The molecule has 0 fully saturated rings. The number of rotatable bonds is 0. The molecule has 3 heterocycles. The lowest BCUT2D eigenvalue weighted by Gasteiger charge is -2.34. The van der Waals surface area contributed by atoms with Crippen molar-refractivity contribution in [1.29, 1.82) is 0 Å². The second-order valence-corrected chi connectivity index (χ2v) is 7.08. The van der Waals surface area contributed by atoms with Crippen LogP contribution in [0, 0.1) is 6.92 Å². The first kappa shape index (κ1) is 12.9. The Morgan fingerprint density at radius 2 is 1.83 bits per heavy atom. The number of hydrogen-bond donors (Lipinski definition) is 0. The summed E-state index contributed by atoms with van der Waals surface area (Å²) in [4.78, 5) is 4.40. The molecule has 0 N–H and O–H groups in total. The van der Waals surface area contributed by atoms with Gasteiger partial charge in [0.1, 0.15) is 0 Å². The molecular weight excluding hydrogens is 280 g/mol. The molecule has 0 saturated heterocycles. The molecule has 5 rings (SSSR count). The van der Waals surface area contributed by atoms with Crippen LogP contribution < -0.4 is 0 Å². The second-order valence-electron chi connectivity index (χ2n) is 7.08. The van der Waals surface area contributed by atoms with Crippen LogP contribution in [0.25, 0.3) is 27.5 Å². The van der Waals surface area contributed by atoms with Crippen LogP contribution in [-0.4, -0.2) is 9.55 Å². The number of aryl methyl sites for hydroxylation is 1. The van der Waals surface area contributed by atoms with E-state index in [0.29, 0.717) is 0 Å². The van der Waals surface area contributed by atoms with E-state index in [1.807, 2.05) is 12.4 Å². The molecule has 2 nitrogen and oxygen atoms in total. The van der Waals surface area contributed by atoms with Gasteiger partial charge >= 0.3 is 0 Å². The van der Waals surface area contributed by atoms with Crippen molar-refractivity contribution in [2.24, 2.45) is 0 Å². The van der Waals surface area contributed by atoms with Crippen molar-refractivity contribution in [2.75, 3.05) is 0 Å². The molecule has 2 heteroatoms. The molecule has 0 saturated carbocycles. The van der Waals surface area contributed by atoms with Crippen molar-refractivity contribution in [3.05, 3.63) is 71.5 Å². The topological polar surface area (TPSA) is 17.8 Å². The highest BCUT2D eigenvalue weighted by atomic mass is 15.0. The van der Waals surface area contributed by atoms with E-state index >= 15 is 0 Å². The quantitative estimate of drug-likeness (QED) is 0.440. The van der Waals surface area contributed by atoms with Crippen LogP contribution in [0.1, 0.15) is 30.5 Å². The molecule has 1 aliphatic rings. The maximum atomic E-state index is 4.40. The number of pyridine rings is 1. The third kappa shape index (κ3) is 1.46. The van der Waals surface area contributed by atoms with Crippen molar-refractivity contribution < 1.29 is 0 Å². The zero-order chi connectivity index (χ0) is 15.8. The number of fused-ring (bicyclic) bond motifs is 5. The van der Waals surface area contributed by atoms with Crippen molar-refractivity contribution in [2.45, 2.75) is 26.2 Å². The molecule has 1 aliphatic heterocycles. The van der Waals surface area contributed by atoms with E-state index in [9.17, 15) is 0 Å². The fourth-order valence-electron chi connectivity index (χ4n) is 4.15. The van der Waals surface area contributed by atoms with E-state index < -0.39 is 0 Å². The molecule has 0 aliphatic carbocycles.